The monoisotopic (exact) mass is 398 g/mol. The summed E-state index contributed by atoms with van der Waals surface area (Å²) in [6.45, 7) is 2.84. The summed E-state index contributed by atoms with van der Waals surface area (Å²) in [7, 11) is 0. The Balaban J connectivity index is 1.61. The van der Waals surface area contributed by atoms with Gasteiger partial charge in [-0.1, -0.05) is 25.5 Å². The van der Waals surface area contributed by atoms with Gasteiger partial charge in [0.05, 0.1) is 17.1 Å². The van der Waals surface area contributed by atoms with Gasteiger partial charge in [0.25, 0.3) is 11.8 Å². The lowest BCUT2D eigenvalue weighted by Gasteiger charge is -2.34. The standard InChI is InChI=1S/C22H26N2O3S/c1-2-12-23-21(25)18-14-24(16-9-6-7-10-17(16)27-18)22(26)20-13-15-8-4-3-5-11-19(15)28-20/h6-7,9-10,13,18H,2-5,8,11-12,14H2,1H3,(H,23,25)/t18-/m1/s1. The molecule has 2 aliphatic rings. The molecule has 0 saturated heterocycles. The Morgan fingerprint density at radius 3 is 2.89 bits per heavy atom. The molecule has 148 valence electrons. The Labute approximate surface area is 169 Å². The molecule has 0 unspecified atom stereocenters. The van der Waals surface area contributed by atoms with Crippen LogP contribution < -0.4 is 15.0 Å². The molecular formula is C22H26N2O3S. The molecule has 1 aromatic carbocycles. The first-order valence-corrected chi connectivity index (χ1v) is 11.0. The lowest BCUT2D eigenvalue weighted by Crippen LogP contribution is -2.50. The zero-order valence-corrected chi connectivity index (χ0v) is 17.0. The molecule has 2 aromatic rings. The zero-order chi connectivity index (χ0) is 19.5. The highest BCUT2D eigenvalue weighted by molar-refractivity contribution is 7.14. The number of nitrogens with zero attached hydrogens (tertiary/aromatic N) is 1. The number of fused-ring (bicyclic) bond motifs is 2. The van der Waals surface area contributed by atoms with Crippen LogP contribution >= 0.6 is 11.3 Å². The maximum Gasteiger partial charge on any atom is 0.268 e. The van der Waals surface area contributed by atoms with Crippen LogP contribution in [-0.4, -0.2) is 31.0 Å². The van der Waals surface area contributed by atoms with Gasteiger partial charge in [-0.3, -0.25) is 14.5 Å². The molecule has 2 heterocycles. The molecule has 1 atom stereocenters. The fraction of sp³-hybridized carbons (Fsp3) is 0.455. The minimum Gasteiger partial charge on any atom is -0.477 e. The van der Waals surface area contributed by atoms with E-state index >= 15 is 0 Å². The summed E-state index contributed by atoms with van der Waals surface area (Å²) in [6, 6.07) is 9.52. The molecule has 5 nitrogen and oxygen atoms in total. The molecule has 1 aromatic heterocycles. The number of carbonyl (C=O) groups excluding carboxylic acids is 2. The molecule has 0 spiro atoms. The Bertz CT molecular complexity index is 853. The number of amides is 2. The van der Waals surface area contributed by atoms with Crippen molar-refractivity contribution in [2.75, 3.05) is 18.0 Å². The number of aryl methyl sites for hydroxylation is 2. The molecule has 1 N–H and O–H groups in total. The van der Waals surface area contributed by atoms with Gasteiger partial charge in [-0.15, -0.1) is 11.3 Å². The molecule has 0 saturated carbocycles. The number of rotatable bonds is 4. The SMILES string of the molecule is CCCNC(=O)[C@H]1CN(C(=O)c2cc3c(s2)CCCCC3)c2ccccc2O1. The van der Waals surface area contributed by atoms with E-state index < -0.39 is 6.10 Å². The lowest BCUT2D eigenvalue weighted by molar-refractivity contribution is -0.127. The highest BCUT2D eigenvalue weighted by Gasteiger charge is 2.34. The number of hydrogen-bond donors (Lipinski definition) is 1. The summed E-state index contributed by atoms with van der Waals surface area (Å²) >= 11 is 1.62. The van der Waals surface area contributed by atoms with Gasteiger partial charge in [0.15, 0.2) is 6.10 Å². The summed E-state index contributed by atoms with van der Waals surface area (Å²) in [6.07, 6.45) is 5.94. The third kappa shape index (κ3) is 3.78. The molecule has 2 amide bonds. The third-order valence-corrected chi connectivity index (χ3v) is 6.54. The van der Waals surface area contributed by atoms with Crippen molar-refractivity contribution in [3.8, 4) is 5.75 Å². The van der Waals surface area contributed by atoms with E-state index in [9.17, 15) is 9.59 Å². The van der Waals surface area contributed by atoms with Crippen LogP contribution in [0.4, 0.5) is 5.69 Å². The molecule has 6 heteroatoms. The molecule has 4 rings (SSSR count). The Morgan fingerprint density at radius 1 is 1.21 bits per heavy atom. The highest BCUT2D eigenvalue weighted by atomic mass is 32.1. The quantitative estimate of drug-likeness (QED) is 0.794. The predicted octanol–water partition coefficient (Wildman–Crippen LogP) is 3.95. The van der Waals surface area contributed by atoms with E-state index in [1.165, 1.54) is 29.7 Å². The average molecular weight is 399 g/mol. The van der Waals surface area contributed by atoms with Crippen molar-refractivity contribution in [1.29, 1.82) is 0 Å². The van der Waals surface area contributed by atoms with E-state index in [2.05, 4.69) is 11.4 Å². The Hall–Kier alpha value is -2.34. The van der Waals surface area contributed by atoms with Gasteiger partial charge in [-0.25, -0.2) is 0 Å². The van der Waals surface area contributed by atoms with Crippen LogP contribution in [0.2, 0.25) is 0 Å². The zero-order valence-electron chi connectivity index (χ0n) is 16.2. The number of ether oxygens (including phenoxy) is 1. The molecule has 28 heavy (non-hydrogen) atoms. The van der Waals surface area contributed by atoms with E-state index in [0.717, 1.165) is 29.8 Å². The van der Waals surface area contributed by atoms with Gasteiger partial charge in [-0.05, 0) is 55.9 Å². The lowest BCUT2D eigenvalue weighted by atomic mass is 10.1. The second-order valence-electron chi connectivity index (χ2n) is 7.40. The minimum absolute atomic E-state index is 0.0397. The average Bonchev–Trinajstić information content (AvgIpc) is 3.01. The number of nitrogens with one attached hydrogen (secondary N) is 1. The van der Waals surface area contributed by atoms with Crippen LogP contribution in [-0.2, 0) is 17.6 Å². The van der Waals surface area contributed by atoms with Crippen molar-refractivity contribution in [3.05, 3.63) is 45.6 Å². The van der Waals surface area contributed by atoms with Crippen molar-refractivity contribution in [3.63, 3.8) is 0 Å². The van der Waals surface area contributed by atoms with Crippen LogP contribution in [0.3, 0.4) is 0 Å². The molecule has 0 radical (unpaired) electrons. The summed E-state index contributed by atoms with van der Waals surface area (Å²) < 4.78 is 5.90. The number of hydrogen-bond acceptors (Lipinski definition) is 4. The van der Waals surface area contributed by atoms with Gasteiger partial charge in [0, 0.05) is 11.4 Å². The second kappa shape index (κ2) is 8.35. The Kier molecular flexibility index (Phi) is 5.67. The van der Waals surface area contributed by atoms with Crippen LogP contribution in [0.1, 0.15) is 52.7 Å². The van der Waals surface area contributed by atoms with Crippen LogP contribution in [0.15, 0.2) is 30.3 Å². The van der Waals surface area contributed by atoms with Crippen molar-refractivity contribution in [2.24, 2.45) is 0 Å². The van der Waals surface area contributed by atoms with Crippen LogP contribution in [0.25, 0.3) is 0 Å². The van der Waals surface area contributed by atoms with Crippen molar-refractivity contribution < 1.29 is 14.3 Å². The van der Waals surface area contributed by atoms with E-state index in [1.54, 1.807) is 16.2 Å². The topological polar surface area (TPSA) is 58.6 Å². The van der Waals surface area contributed by atoms with Gasteiger partial charge >= 0.3 is 0 Å². The van der Waals surface area contributed by atoms with Crippen molar-refractivity contribution in [2.45, 2.75) is 51.6 Å². The maximum atomic E-state index is 13.4. The fourth-order valence-electron chi connectivity index (χ4n) is 3.83. The first-order valence-electron chi connectivity index (χ1n) is 10.1. The van der Waals surface area contributed by atoms with Gasteiger partial charge in [-0.2, -0.15) is 0 Å². The number of carbonyl (C=O) groups is 2. The summed E-state index contributed by atoms with van der Waals surface area (Å²) in [5.74, 6) is 0.370. The van der Waals surface area contributed by atoms with Gasteiger partial charge in [0.1, 0.15) is 5.75 Å². The molecular weight excluding hydrogens is 372 g/mol. The third-order valence-electron chi connectivity index (χ3n) is 5.32. The Morgan fingerprint density at radius 2 is 2.04 bits per heavy atom. The molecule has 0 fully saturated rings. The molecule has 0 bridgehead atoms. The second-order valence-corrected chi connectivity index (χ2v) is 8.54. The first kappa shape index (κ1) is 19.0. The summed E-state index contributed by atoms with van der Waals surface area (Å²) in [5.41, 5.74) is 2.06. The number of para-hydroxylation sites is 2. The highest BCUT2D eigenvalue weighted by Crippen LogP contribution is 2.36. The van der Waals surface area contributed by atoms with Gasteiger partial charge < -0.3 is 10.1 Å². The van der Waals surface area contributed by atoms with E-state index in [-0.39, 0.29) is 18.4 Å². The van der Waals surface area contributed by atoms with Gasteiger partial charge in [0.2, 0.25) is 0 Å². The van der Waals surface area contributed by atoms with E-state index in [4.69, 9.17) is 4.74 Å². The molecule has 1 aliphatic carbocycles. The summed E-state index contributed by atoms with van der Waals surface area (Å²) in [5, 5.41) is 2.88. The maximum absolute atomic E-state index is 13.4. The number of anilines is 1. The normalized spacial score (nSPS) is 18.5. The largest absolute Gasteiger partial charge is 0.477 e. The first-order chi connectivity index (χ1) is 13.7. The minimum atomic E-state index is -0.691. The number of thiophene rings is 1. The predicted molar refractivity (Wildman–Crippen MR) is 111 cm³/mol. The van der Waals surface area contributed by atoms with E-state index in [1.807, 2.05) is 31.2 Å². The number of benzene rings is 1. The molecule has 1 aliphatic heterocycles. The van der Waals surface area contributed by atoms with Crippen LogP contribution in [0.5, 0.6) is 5.75 Å². The van der Waals surface area contributed by atoms with Crippen molar-refractivity contribution in [1.82, 2.24) is 5.32 Å². The van der Waals surface area contributed by atoms with Crippen LogP contribution in [0, 0.1) is 0 Å². The fourth-order valence-corrected chi connectivity index (χ4v) is 5.03. The van der Waals surface area contributed by atoms with Crippen molar-refractivity contribution >= 4 is 28.8 Å². The summed E-state index contributed by atoms with van der Waals surface area (Å²) in [4.78, 5) is 29.7. The van der Waals surface area contributed by atoms with E-state index in [0.29, 0.717) is 12.3 Å². The smallest absolute Gasteiger partial charge is 0.268 e.